The second-order valence-corrected chi connectivity index (χ2v) is 4.13. The van der Waals surface area contributed by atoms with Crippen molar-refractivity contribution in [1.29, 1.82) is 0 Å². The zero-order chi connectivity index (χ0) is 10.1. The van der Waals surface area contributed by atoms with E-state index in [-0.39, 0.29) is 0 Å². The average molecular weight is 189 g/mol. The van der Waals surface area contributed by atoms with Gasteiger partial charge in [0.15, 0.2) is 0 Å². The summed E-state index contributed by atoms with van der Waals surface area (Å²) in [5, 5.41) is 0. The second-order valence-electron chi connectivity index (χ2n) is 4.13. The summed E-state index contributed by atoms with van der Waals surface area (Å²) in [5.41, 5.74) is 4.54. The Kier molecular flexibility index (Phi) is 2.60. The molecule has 0 bridgehead atoms. The summed E-state index contributed by atoms with van der Waals surface area (Å²) >= 11 is 0. The monoisotopic (exact) mass is 189 g/mol. The lowest BCUT2D eigenvalue weighted by atomic mass is 10.0. The molecule has 1 nitrogen and oxygen atoms in total. The predicted octanol–water partition coefficient (Wildman–Crippen LogP) is 3.15. The first kappa shape index (κ1) is 9.72. The third kappa shape index (κ3) is 1.46. The van der Waals surface area contributed by atoms with Crippen LogP contribution in [0.5, 0.6) is 0 Å². The standard InChI is InChI=1S/C13H19N/c1-4-11-6-7-13-10(3)14(5-2)9-12(13)8-11/h6-8,10H,4-5,9H2,1-3H3. The zero-order valence-electron chi connectivity index (χ0n) is 9.38. The van der Waals surface area contributed by atoms with E-state index in [1.54, 1.807) is 5.56 Å². The van der Waals surface area contributed by atoms with Crippen LogP contribution in [0.15, 0.2) is 18.2 Å². The van der Waals surface area contributed by atoms with Gasteiger partial charge in [0.25, 0.3) is 0 Å². The van der Waals surface area contributed by atoms with Gasteiger partial charge < -0.3 is 0 Å². The molecule has 1 aromatic rings. The van der Waals surface area contributed by atoms with Gasteiger partial charge in [0.05, 0.1) is 0 Å². The molecule has 1 unspecified atom stereocenters. The molecule has 0 amide bonds. The first-order valence-electron chi connectivity index (χ1n) is 5.62. The highest BCUT2D eigenvalue weighted by Gasteiger charge is 2.24. The Bertz CT molecular complexity index is 330. The molecule has 76 valence electrons. The molecular formula is C13H19N. The van der Waals surface area contributed by atoms with Gasteiger partial charge in [-0.3, -0.25) is 4.90 Å². The highest BCUT2D eigenvalue weighted by molar-refractivity contribution is 5.37. The minimum Gasteiger partial charge on any atom is -0.293 e. The van der Waals surface area contributed by atoms with Gasteiger partial charge in [-0.1, -0.05) is 32.0 Å². The Balaban J connectivity index is 2.34. The fourth-order valence-electron chi connectivity index (χ4n) is 2.36. The lowest BCUT2D eigenvalue weighted by molar-refractivity contribution is 0.242. The van der Waals surface area contributed by atoms with Crippen molar-refractivity contribution in [3.05, 3.63) is 34.9 Å². The van der Waals surface area contributed by atoms with Crippen LogP contribution in [0.2, 0.25) is 0 Å². The molecule has 0 aliphatic carbocycles. The van der Waals surface area contributed by atoms with E-state index >= 15 is 0 Å². The van der Waals surface area contributed by atoms with Crippen molar-refractivity contribution < 1.29 is 0 Å². The van der Waals surface area contributed by atoms with Gasteiger partial charge in [-0.15, -0.1) is 0 Å². The van der Waals surface area contributed by atoms with Gasteiger partial charge in [-0.05, 0) is 36.6 Å². The SMILES string of the molecule is CCc1ccc2c(c1)CN(CC)C2C. The fourth-order valence-corrected chi connectivity index (χ4v) is 2.36. The number of hydrogen-bond donors (Lipinski definition) is 0. The maximum Gasteiger partial charge on any atom is 0.0326 e. The number of rotatable bonds is 2. The van der Waals surface area contributed by atoms with Crippen LogP contribution in [-0.2, 0) is 13.0 Å². The molecule has 1 heterocycles. The maximum atomic E-state index is 2.52. The molecule has 14 heavy (non-hydrogen) atoms. The zero-order valence-corrected chi connectivity index (χ0v) is 9.38. The van der Waals surface area contributed by atoms with Crippen LogP contribution in [0.4, 0.5) is 0 Å². The summed E-state index contributed by atoms with van der Waals surface area (Å²) in [5.74, 6) is 0. The molecule has 0 N–H and O–H groups in total. The van der Waals surface area contributed by atoms with Gasteiger partial charge in [-0.25, -0.2) is 0 Å². The first-order chi connectivity index (χ1) is 6.76. The van der Waals surface area contributed by atoms with Gasteiger partial charge in [0.2, 0.25) is 0 Å². The summed E-state index contributed by atoms with van der Waals surface area (Å²) in [4.78, 5) is 2.52. The van der Waals surface area contributed by atoms with E-state index in [1.165, 1.54) is 11.1 Å². The molecular weight excluding hydrogens is 170 g/mol. The van der Waals surface area contributed by atoms with Gasteiger partial charge >= 0.3 is 0 Å². The number of hydrogen-bond acceptors (Lipinski definition) is 1. The number of nitrogens with zero attached hydrogens (tertiary/aromatic N) is 1. The number of aryl methyl sites for hydroxylation is 1. The van der Waals surface area contributed by atoms with E-state index in [4.69, 9.17) is 0 Å². The van der Waals surface area contributed by atoms with E-state index in [1.807, 2.05) is 0 Å². The lowest BCUT2D eigenvalue weighted by Gasteiger charge is -2.18. The Hall–Kier alpha value is -0.820. The largest absolute Gasteiger partial charge is 0.293 e. The van der Waals surface area contributed by atoms with E-state index in [2.05, 4.69) is 43.9 Å². The summed E-state index contributed by atoms with van der Waals surface area (Å²) in [6.45, 7) is 9.06. The maximum absolute atomic E-state index is 2.52. The number of fused-ring (bicyclic) bond motifs is 1. The van der Waals surface area contributed by atoms with Crippen LogP contribution in [-0.4, -0.2) is 11.4 Å². The normalized spacial score (nSPS) is 21.2. The fraction of sp³-hybridized carbons (Fsp3) is 0.538. The summed E-state index contributed by atoms with van der Waals surface area (Å²) in [6, 6.07) is 7.57. The van der Waals surface area contributed by atoms with Gasteiger partial charge in [0, 0.05) is 12.6 Å². The van der Waals surface area contributed by atoms with E-state index in [0.29, 0.717) is 6.04 Å². The van der Waals surface area contributed by atoms with E-state index in [9.17, 15) is 0 Å². The topological polar surface area (TPSA) is 3.24 Å². The van der Waals surface area contributed by atoms with Crippen molar-refractivity contribution in [1.82, 2.24) is 4.90 Å². The van der Waals surface area contributed by atoms with Crippen molar-refractivity contribution in [2.75, 3.05) is 6.54 Å². The molecule has 0 fully saturated rings. The van der Waals surface area contributed by atoms with E-state index < -0.39 is 0 Å². The first-order valence-corrected chi connectivity index (χ1v) is 5.62. The van der Waals surface area contributed by atoms with Crippen molar-refractivity contribution in [3.8, 4) is 0 Å². The molecule has 0 saturated heterocycles. The van der Waals surface area contributed by atoms with Gasteiger partial charge in [0.1, 0.15) is 0 Å². The molecule has 1 atom stereocenters. The smallest absolute Gasteiger partial charge is 0.0326 e. The lowest BCUT2D eigenvalue weighted by Crippen LogP contribution is -2.18. The van der Waals surface area contributed by atoms with Crippen LogP contribution in [0, 0.1) is 0 Å². The Labute approximate surface area is 86.7 Å². The van der Waals surface area contributed by atoms with Crippen molar-refractivity contribution in [2.45, 2.75) is 39.8 Å². The van der Waals surface area contributed by atoms with Crippen LogP contribution < -0.4 is 0 Å². The minimum absolute atomic E-state index is 0.612. The molecule has 0 saturated carbocycles. The Morgan fingerprint density at radius 1 is 1.36 bits per heavy atom. The van der Waals surface area contributed by atoms with Crippen LogP contribution in [0.1, 0.15) is 43.5 Å². The highest BCUT2D eigenvalue weighted by Crippen LogP contribution is 2.33. The minimum atomic E-state index is 0.612. The number of benzene rings is 1. The van der Waals surface area contributed by atoms with Crippen molar-refractivity contribution in [2.24, 2.45) is 0 Å². The van der Waals surface area contributed by atoms with Crippen LogP contribution in [0.25, 0.3) is 0 Å². The second kappa shape index (κ2) is 3.74. The molecule has 1 aliphatic heterocycles. The summed E-state index contributed by atoms with van der Waals surface area (Å²) in [7, 11) is 0. The summed E-state index contributed by atoms with van der Waals surface area (Å²) < 4.78 is 0. The highest BCUT2D eigenvalue weighted by atomic mass is 15.2. The average Bonchev–Trinajstić information content (AvgIpc) is 2.55. The van der Waals surface area contributed by atoms with E-state index in [0.717, 1.165) is 19.5 Å². The predicted molar refractivity (Wildman–Crippen MR) is 60.3 cm³/mol. The van der Waals surface area contributed by atoms with Crippen molar-refractivity contribution in [3.63, 3.8) is 0 Å². The Morgan fingerprint density at radius 3 is 2.79 bits per heavy atom. The molecule has 0 aromatic heterocycles. The Morgan fingerprint density at radius 2 is 2.14 bits per heavy atom. The molecule has 1 aromatic carbocycles. The van der Waals surface area contributed by atoms with Crippen LogP contribution >= 0.6 is 0 Å². The van der Waals surface area contributed by atoms with Crippen molar-refractivity contribution >= 4 is 0 Å². The molecule has 2 rings (SSSR count). The molecule has 0 radical (unpaired) electrons. The quantitative estimate of drug-likeness (QED) is 0.691. The van der Waals surface area contributed by atoms with Crippen LogP contribution in [0.3, 0.4) is 0 Å². The third-order valence-corrected chi connectivity index (χ3v) is 3.39. The molecule has 0 spiro atoms. The van der Waals surface area contributed by atoms with Gasteiger partial charge in [-0.2, -0.15) is 0 Å². The molecule has 1 aliphatic rings. The third-order valence-electron chi connectivity index (χ3n) is 3.39. The summed E-state index contributed by atoms with van der Waals surface area (Å²) in [6.07, 6.45) is 1.15. The molecule has 1 heteroatoms.